The maximum Gasteiger partial charge on any atom is 0.312 e. The summed E-state index contributed by atoms with van der Waals surface area (Å²) < 4.78 is 10.6. The Balaban J connectivity index is 2.04. The molecule has 1 saturated heterocycles. The van der Waals surface area contributed by atoms with Gasteiger partial charge in [0.05, 0.1) is 19.6 Å². The molecule has 3 amide bonds. The molecule has 8 nitrogen and oxygen atoms in total. The lowest BCUT2D eigenvalue weighted by atomic mass is 10.1. The van der Waals surface area contributed by atoms with Gasteiger partial charge in [-0.2, -0.15) is 0 Å². The number of carbonyl (C=O) groups is 3. The Morgan fingerprint density at radius 2 is 1.88 bits per heavy atom. The van der Waals surface area contributed by atoms with Crippen LogP contribution in [0.15, 0.2) is 30.3 Å². The number of nitrogens with zero attached hydrogens (tertiary/aromatic N) is 1. The van der Waals surface area contributed by atoms with Crippen LogP contribution in [-0.2, 0) is 19.1 Å². The van der Waals surface area contributed by atoms with Gasteiger partial charge in [-0.3, -0.25) is 9.59 Å². The predicted octanol–water partition coefficient (Wildman–Crippen LogP) is 0.188. The van der Waals surface area contributed by atoms with Crippen molar-refractivity contribution in [3.05, 3.63) is 35.9 Å². The van der Waals surface area contributed by atoms with Gasteiger partial charge in [-0.15, -0.1) is 0 Å². The normalized spacial score (nSPS) is 15.4. The summed E-state index contributed by atoms with van der Waals surface area (Å²) in [4.78, 5) is 37.0. The molecular formula is C16H21N3O5. The molecule has 2 rings (SSSR count). The topological polar surface area (TPSA) is 111 Å². The second kappa shape index (κ2) is 8.88. The SMILES string of the molecule is NC(=O)NCCC(=O)O[C@H](C(=O)N1CCOCC1)c1ccccc1. The summed E-state index contributed by atoms with van der Waals surface area (Å²) in [5.41, 5.74) is 5.54. The van der Waals surface area contributed by atoms with E-state index in [0.717, 1.165) is 0 Å². The van der Waals surface area contributed by atoms with Crippen LogP contribution in [-0.4, -0.2) is 55.7 Å². The van der Waals surface area contributed by atoms with Crippen molar-refractivity contribution in [3.8, 4) is 0 Å². The molecule has 1 aromatic carbocycles. The predicted molar refractivity (Wildman–Crippen MR) is 84.9 cm³/mol. The molecule has 3 N–H and O–H groups in total. The molecule has 8 heteroatoms. The zero-order valence-corrected chi connectivity index (χ0v) is 13.3. The highest BCUT2D eigenvalue weighted by atomic mass is 16.5. The van der Waals surface area contributed by atoms with Crippen molar-refractivity contribution >= 4 is 17.9 Å². The lowest BCUT2D eigenvalue weighted by molar-refractivity contribution is -0.162. The quantitative estimate of drug-likeness (QED) is 0.721. The molecule has 0 saturated carbocycles. The molecule has 0 aliphatic carbocycles. The Hall–Kier alpha value is -2.61. The maximum absolute atomic E-state index is 12.7. The van der Waals surface area contributed by atoms with Crippen LogP contribution >= 0.6 is 0 Å². The number of rotatable bonds is 6. The third-order valence-electron chi connectivity index (χ3n) is 3.53. The van der Waals surface area contributed by atoms with E-state index in [1.54, 1.807) is 29.2 Å². The van der Waals surface area contributed by atoms with E-state index in [9.17, 15) is 14.4 Å². The number of carbonyl (C=O) groups excluding carboxylic acids is 3. The van der Waals surface area contributed by atoms with Crippen molar-refractivity contribution in [2.45, 2.75) is 12.5 Å². The molecule has 1 atom stereocenters. The molecule has 0 radical (unpaired) electrons. The first-order chi connectivity index (χ1) is 11.6. The second-order valence-corrected chi connectivity index (χ2v) is 5.26. The van der Waals surface area contributed by atoms with Gasteiger partial charge in [-0.1, -0.05) is 30.3 Å². The minimum atomic E-state index is -1.01. The van der Waals surface area contributed by atoms with Crippen molar-refractivity contribution in [3.63, 3.8) is 0 Å². The van der Waals surface area contributed by atoms with Crippen molar-refractivity contribution in [1.82, 2.24) is 10.2 Å². The standard InChI is InChI=1S/C16H21N3O5/c17-16(22)18-7-6-13(20)24-14(12-4-2-1-3-5-12)15(21)19-8-10-23-11-9-19/h1-5,14H,6-11H2,(H3,17,18,22)/t14-/m0/s1. The Morgan fingerprint density at radius 1 is 1.21 bits per heavy atom. The van der Waals surface area contributed by atoms with Crippen LogP contribution in [0.1, 0.15) is 18.1 Å². The van der Waals surface area contributed by atoms with Gasteiger partial charge >= 0.3 is 12.0 Å². The van der Waals surface area contributed by atoms with Crippen LogP contribution in [0.5, 0.6) is 0 Å². The highest BCUT2D eigenvalue weighted by molar-refractivity contribution is 5.85. The minimum Gasteiger partial charge on any atom is -0.447 e. The molecule has 1 aromatic rings. The number of morpholine rings is 1. The van der Waals surface area contributed by atoms with Crippen LogP contribution in [0.2, 0.25) is 0 Å². The average Bonchev–Trinajstić information content (AvgIpc) is 2.60. The Labute approximate surface area is 139 Å². The number of urea groups is 1. The van der Waals surface area contributed by atoms with E-state index in [4.69, 9.17) is 15.2 Å². The number of nitrogens with one attached hydrogen (secondary N) is 1. The lowest BCUT2D eigenvalue weighted by Crippen LogP contribution is -2.44. The molecule has 1 heterocycles. The molecule has 1 aliphatic rings. The number of hydrogen-bond donors (Lipinski definition) is 2. The molecular weight excluding hydrogens is 314 g/mol. The van der Waals surface area contributed by atoms with E-state index >= 15 is 0 Å². The van der Waals surface area contributed by atoms with E-state index in [2.05, 4.69) is 5.32 Å². The van der Waals surface area contributed by atoms with Crippen molar-refractivity contribution < 1.29 is 23.9 Å². The van der Waals surface area contributed by atoms with Crippen LogP contribution in [0, 0.1) is 0 Å². The second-order valence-electron chi connectivity index (χ2n) is 5.26. The Morgan fingerprint density at radius 3 is 2.50 bits per heavy atom. The number of esters is 1. The van der Waals surface area contributed by atoms with E-state index in [0.29, 0.717) is 31.9 Å². The highest BCUT2D eigenvalue weighted by Gasteiger charge is 2.30. The number of ether oxygens (including phenoxy) is 2. The summed E-state index contributed by atoms with van der Waals surface area (Å²) in [5, 5.41) is 2.31. The lowest BCUT2D eigenvalue weighted by Gasteiger charge is -2.30. The molecule has 0 bridgehead atoms. The number of benzene rings is 1. The molecule has 1 aliphatic heterocycles. The summed E-state index contributed by atoms with van der Waals surface area (Å²) in [7, 11) is 0. The highest BCUT2D eigenvalue weighted by Crippen LogP contribution is 2.21. The number of primary amides is 1. The first kappa shape index (κ1) is 17.7. The van der Waals surface area contributed by atoms with Gasteiger partial charge in [-0.25, -0.2) is 4.79 Å². The van der Waals surface area contributed by atoms with Gasteiger partial charge in [-0.05, 0) is 0 Å². The fourth-order valence-corrected chi connectivity index (χ4v) is 2.32. The summed E-state index contributed by atoms with van der Waals surface area (Å²) >= 11 is 0. The largest absolute Gasteiger partial charge is 0.447 e. The van der Waals surface area contributed by atoms with E-state index in [1.165, 1.54) is 0 Å². The minimum absolute atomic E-state index is 0.0570. The average molecular weight is 335 g/mol. The van der Waals surface area contributed by atoms with Gasteiger partial charge in [0, 0.05) is 25.2 Å². The smallest absolute Gasteiger partial charge is 0.312 e. The first-order valence-electron chi connectivity index (χ1n) is 7.72. The van der Waals surface area contributed by atoms with Crippen LogP contribution in [0.25, 0.3) is 0 Å². The number of nitrogens with two attached hydrogens (primary N) is 1. The van der Waals surface area contributed by atoms with Gasteiger partial charge in [0.15, 0.2) is 0 Å². The maximum atomic E-state index is 12.7. The summed E-state index contributed by atoms with van der Waals surface area (Å²) in [6, 6.07) is 8.12. The summed E-state index contributed by atoms with van der Waals surface area (Å²) in [5.74, 6) is -0.861. The Bertz CT molecular complexity index is 572. The van der Waals surface area contributed by atoms with E-state index in [-0.39, 0.29) is 18.9 Å². The molecule has 0 aromatic heterocycles. The molecule has 1 fully saturated rings. The van der Waals surface area contributed by atoms with Gasteiger partial charge < -0.3 is 25.4 Å². The number of amides is 3. The molecule has 24 heavy (non-hydrogen) atoms. The first-order valence-corrected chi connectivity index (χ1v) is 7.72. The van der Waals surface area contributed by atoms with E-state index in [1.807, 2.05) is 6.07 Å². The van der Waals surface area contributed by atoms with E-state index < -0.39 is 18.1 Å². The van der Waals surface area contributed by atoms with Crippen LogP contribution in [0.3, 0.4) is 0 Å². The molecule has 0 spiro atoms. The summed E-state index contributed by atoms with van der Waals surface area (Å²) in [6.07, 6.45) is -1.08. The molecule has 0 unspecified atom stereocenters. The fraction of sp³-hybridized carbons (Fsp3) is 0.438. The fourth-order valence-electron chi connectivity index (χ4n) is 2.32. The number of hydrogen-bond acceptors (Lipinski definition) is 5. The van der Waals surface area contributed by atoms with Crippen LogP contribution < -0.4 is 11.1 Å². The van der Waals surface area contributed by atoms with Gasteiger partial charge in [0.2, 0.25) is 6.10 Å². The third-order valence-corrected chi connectivity index (χ3v) is 3.53. The Kier molecular flexibility index (Phi) is 6.56. The van der Waals surface area contributed by atoms with Gasteiger partial charge in [0.1, 0.15) is 0 Å². The third kappa shape index (κ3) is 5.24. The van der Waals surface area contributed by atoms with Crippen molar-refractivity contribution in [2.75, 3.05) is 32.8 Å². The summed E-state index contributed by atoms with van der Waals surface area (Å²) in [6.45, 7) is 1.90. The van der Waals surface area contributed by atoms with Crippen molar-refractivity contribution in [1.29, 1.82) is 0 Å². The monoisotopic (exact) mass is 335 g/mol. The van der Waals surface area contributed by atoms with Crippen LogP contribution in [0.4, 0.5) is 4.79 Å². The van der Waals surface area contributed by atoms with Gasteiger partial charge in [0.25, 0.3) is 5.91 Å². The zero-order valence-electron chi connectivity index (χ0n) is 13.3. The van der Waals surface area contributed by atoms with Crippen molar-refractivity contribution in [2.24, 2.45) is 5.73 Å². The zero-order chi connectivity index (χ0) is 17.4. The molecule has 130 valence electrons.